The van der Waals surface area contributed by atoms with Crippen molar-refractivity contribution >= 4 is 5.97 Å². The van der Waals surface area contributed by atoms with Crippen LogP contribution in [-0.4, -0.2) is 21.8 Å². The average molecular weight is 170 g/mol. The van der Waals surface area contributed by atoms with Crippen molar-refractivity contribution in [2.45, 2.75) is 32.3 Å². The van der Waals surface area contributed by atoms with E-state index in [2.05, 4.69) is 6.58 Å². The Bertz CT molecular complexity index is 222. The van der Waals surface area contributed by atoms with Crippen molar-refractivity contribution < 1.29 is 15.0 Å². The van der Waals surface area contributed by atoms with E-state index in [9.17, 15) is 9.90 Å². The molecule has 0 unspecified atom stereocenters. The van der Waals surface area contributed by atoms with Gasteiger partial charge >= 0.3 is 5.97 Å². The monoisotopic (exact) mass is 170 g/mol. The molecule has 0 radical (unpaired) electrons. The maximum atomic E-state index is 10.7. The van der Waals surface area contributed by atoms with Crippen LogP contribution in [0.4, 0.5) is 0 Å². The first kappa shape index (κ1) is 9.26. The quantitative estimate of drug-likeness (QED) is 0.625. The van der Waals surface area contributed by atoms with Gasteiger partial charge in [-0.1, -0.05) is 12.2 Å². The Balaban J connectivity index is 2.96. The summed E-state index contributed by atoms with van der Waals surface area (Å²) in [5, 5.41) is 18.5. The van der Waals surface area contributed by atoms with Crippen LogP contribution in [0.5, 0.6) is 0 Å². The smallest absolute Gasteiger partial charge is 0.336 e. The number of rotatable bonds is 3. The molecule has 0 bridgehead atoms. The van der Waals surface area contributed by atoms with Crippen LogP contribution in [0.2, 0.25) is 0 Å². The van der Waals surface area contributed by atoms with Gasteiger partial charge in [-0.25, -0.2) is 4.79 Å². The highest BCUT2D eigenvalue weighted by Gasteiger charge is 2.60. The Labute approximate surface area is 71.7 Å². The largest absolute Gasteiger partial charge is 0.479 e. The van der Waals surface area contributed by atoms with Crippen LogP contribution in [0.25, 0.3) is 0 Å². The van der Waals surface area contributed by atoms with Gasteiger partial charge in [0.25, 0.3) is 0 Å². The number of aliphatic hydroxyl groups is 1. The van der Waals surface area contributed by atoms with Gasteiger partial charge < -0.3 is 10.2 Å². The normalized spacial score (nSPS) is 24.2. The molecule has 1 atom stereocenters. The summed E-state index contributed by atoms with van der Waals surface area (Å²) >= 11 is 0. The van der Waals surface area contributed by atoms with E-state index >= 15 is 0 Å². The number of aliphatic carboxylic acids is 1. The van der Waals surface area contributed by atoms with Crippen molar-refractivity contribution in [3.63, 3.8) is 0 Å². The van der Waals surface area contributed by atoms with Gasteiger partial charge in [0.2, 0.25) is 0 Å². The zero-order valence-corrected chi connectivity index (χ0v) is 7.42. The fraction of sp³-hybridized carbons (Fsp3) is 0.667. The first-order valence-electron chi connectivity index (χ1n) is 3.96. The Morgan fingerprint density at radius 2 is 2.00 bits per heavy atom. The molecule has 0 saturated heterocycles. The molecular weight excluding hydrogens is 156 g/mol. The Hall–Kier alpha value is -0.830. The van der Waals surface area contributed by atoms with Crippen LogP contribution in [0.3, 0.4) is 0 Å². The third-order valence-corrected chi connectivity index (χ3v) is 2.92. The third-order valence-electron chi connectivity index (χ3n) is 2.92. The zero-order valence-electron chi connectivity index (χ0n) is 7.42. The summed E-state index contributed by atoms with van der Waals surface area (Å²) < 4.78 is 0. The van der Waals surface area contributed by atoms with Crippen LogP contribution in [-0.2, 0) is 4.79 Å². The zero-order chi connectivity index (χ0) is 9.57. The molecule has 3 heteroatoms. The van der Waals surface area contributed by atoms with Crippen molar-refractivity contribution in [3.05, 3.63) is 12.2 Å². The standard InChI is InChI=1S/C9H14O3/c1-6(2)9(4-5-9)8(3,12)7(10)11/h12H,1,4-5H2,2-3H3,(H,10,11)/t8-/m1/s1. The minimum absolute atomic E-state index is 0.571. The lowest BCUT2D eigenvalue weighted by molar-refractivity contribution is -0.162. The van der Waals surface area contributed by atoms with Crippen LogP contribution < -0.4 is 0 Å². The highest BCUT2D eigenvalue weighted by Crippen LogP contribution is 2.58. The molecular formula is C9H14O3. The van der Waals surface area contributed by atoms with Crippen molar-refractivity contribution in [3.8, 4) is 0 Å². The van der Waals surface area contributed by atoms with Crippen molar-refractivity contribution in [1.29, 1.82) is 0 Å². The van der Waals surface area contributed by atoms with Crippen LogP contribution in [0.15, 0.2) is 12.2 Å². The van der Waals surface area contributed by atoms with Gasteiger partial charge in [-0.2, -0.15) is 0 Å². The van der Waals surface area contributed by atoms with Crippen molar-refractivity contribution in [2.24, 2.45) is 5.41 Å². The number of hydrogen-bond acceptors (Lipinski definition) is 2. The third kappa shape index (κ3) is 0.966. The van der Waals surface area contributed by atoms with Gasteiger partial charge in [-0.15, -0.1) is 0 Å². The Morgan fingerprint density at radius 1 is 1.58 bits per heavy atom. The minimum atomic E-state index is -1.65. The lowest BCUT2D eigenvalue weighted by Crippen LogP contribution is -2.44. The molecule has 1 fully saturated rings. The van der Waals surface area contributed by atoms with Gasteiger partial charge in [0.15, 0.2) is 5.60 Å². The highest BCUT2D eigenvalue weighted by molar-refractivity contribution is 5.79. The van der Waals surface area contributed by atoms with E-state index < -0.39 is 17.0 Å². The highest BCUT2D eigenvalue weighted by atomic mass is 16.4. The molecule has 0 aromatic rings. The molecule has 0 aromatic carbocycles. The van der Waals surface area contributed by atoms with E-state index in [1.54, 1.807) is 6.92 Å². The second kappa shape index (κ2) is 2.33. The topological polar surface area (TPSA) is 57.5 Å². The van der Waals surface area contributed by atoms with Gasteiger partial charge in [-0.3, -0.25) is 0 Å². The molecule has 0 heterocycles. The molecule has 12 heavy (non-hydrogen) atoms. The molecule has 1 aliphatic rings. The SMILES string of the molecule is C=C(C)C1([C@](C)(O)C(=O)O)CC1. The lowest BCUT2D eigenvalue weighted by Gasteiger charge is -2.29. The molecule has 68 valence electrons. The predicted molar refractivity (Wildman–Crippen MR) is 44.7 cm³/mol. The summed E-state index contributed by atoms with van der Waals surface area (Å²) in [6.45, 7) is 6.83. The second-order valence-electron chi connectivity index (χ2n) is 3.74. The number of carboxylic acid groups (broad SMARTS) is 1. The summed E-state index contributed by atoms with van der Waals surface area (Å²) in [6.07, 6.45) is 1.45. The minimum Gasteiger partial charge on any atom is -0.479 e. The predicted octanol–water partition coefficient (Wildman–Crippen LogP) is 1.18. The average Bonchev–Trinajstić information content (AvgIpc) is 2.64. The van der Waals surface area contributed by atoms with E-state index in [4.69, 9.17) is 5.11 Å². The fourth-order valence-electron chi connectivity index (χ4n) is 1.66. The Kier molecular flexibility index (Phi) is 1.80. The molecule has 1 rings (SSSR count). The fourth-order valence-corrected chi connectivity index (χ4v) is 1.66. The second-order valence-corrected chi connectivity index (χ2v) is 3.74. The van der Waals surface area contributed by atoms with Crippen LogP contribution in [0, 0.1) is 5.41 Å². The summed E-state index contributed by atoms with van der Waals surface area (Å²) in [6, 6.07) is 0. The number of carboxylic acids is 1. The Morgan fingerprint density at radius 3 is 2.08 bits per heavy atom. The van der Waals surface area contributed by atoms with E-state index in [0.29, 0.717) is 0 Å². The number of hydrogen-bond donors (Lipinski definition) is 2. The van der Waals surface area contributed by atoms with Crippen molar-refractivity contribution in [2.75, 3.05) is 0 Å². The summed E-state index contributed by atoms with van der Waals surface area (Å²) in [5.74, 6) is -1.16. The van der Waals surface area contributed by atoms with E-state index in [-0.39, 0.29) is 0 Å². The van der Waals surface area contributed by atoms with E-state index in [1.807, 2.05) is 0 Å². The van der Waals surface area contributed by atoms with Gasteiger partial charge in [0.1, 0.15) is 0 Å². The van der Waals surface area contributed by atoms with E-state index in [1.165, 1.54) is 6.92 Å². The van der Waals surface area contributed by atoms with Gasteiger partial charge in [0, 0.05) is 5.41 Å². The van der Waals surface area contributed by atoms with Gasteiger partial charge in [-0.05, 0) is 26.7 Å². The molecule has 0 aliphatic heterocycles. The summed E-state index contributed by atoms with van der Waals surface area (Å²) in [5.41, 5.74) is -1.47. The van der Waals surface area contributed by atoms with Crippen LogP contribution >= 0.6 is 0 Å². The summed E-state index contributed by atoms with van der Waals surface area (Å²) in [7, 11) is 0. The molecule has 0 aromatic heterocycles. The van der Waals surface area contributed by atoms with Crippen molar-refractivity contribution in [1.82, 2.24) is 0 Å². The molecule has 2 N–H and O–H groups in total. The van der Waals surface area contributed by atoms with Crippen LogP contribution in [0.1, 0.15) is 26.7 Å². The molecule has 1 aliphatic carbocycles. The maximum absolute atomic E-state index is 10.7. The summed E-state index contributed by atoms with van der Waals surface area (Å²) in [4.78, 5) is 10.7. The molecule has 0 spiro atoms. The lowest BCUT2D eigenvalue weighted by atomic mass is 9.81. The molecule has 1 saturated carbocycles. The molecule has 3 nitrogen and oxygen atoms in total. The maximum Gasteiger partial charge on any atom is 0.336 e. The first-order chi connectivity index (χ1) is 5.34. The molecule has 0 amide bonds. The van der Waals surface area contributed by atoms with Gasteiger partial charge in [0.05, 0.1) is 0 Å². The number of carbonyl (C=O) groups is 1. The first-order valence-corrected chi connectivity index (χ1v) is 3.96. The van der Waals surface area contributed by atoms with E-state index in [0.717, 1.165) is 18.4 Å².